The molecule has 1 aromatic carbocycles. The molecule has 1 unspecified atom stereocenters. The van der Waals surface area contributed by atoms with E-state index in [1.54, 1.807) is 12.1 Å². The summed E-state index contributed by atoms with van der Waals surface area (Å²) in [6.45, 7) is 2.13. The average Bonchev–Trinajstić information content (AvgIpc) is 2.67. The first-order chi connectivity index (χ1) is 8.68. The van der Waals surface area contributed by atoms with Crippen molar-refractivity contribution in [2.24, 2.45) is 0 Å². The van der Waals surface area contributed by atoms with Crippen molar-refractivity contribution >= 4 is 11.4 Å². The van der Waals surface area contributed by atoms with E-state index in [9.17, 15) is 10.1 Å². The number of nitro groups is 1. The molecule has 1 aliphatic rings. The van der Waals surface area contributed by atoms with Crippen molar-refractivity contribution < 1.29 is 4.92 Å². The highest BCUT2D eigenvalue weighted by Crippen LogP contribution is 2.23. The molecular formula is C13H19N3O2. The van der Waals surface area contributed by atoms with Gasteiger partial charge in [0.2, 0.25) is 0 Å². The summed E-state index contributed by atoms with van der Waals surface area (Å²) < 4.78 is 0. The predicted octanol–water partition coefficient (Wildman–Crippen LogP) is 2.17. The molecule has 0 saturated carbocycles. The fourth-order valence-corrected chi connectivity index (χ4v) is 2.41. The summed E-state index contributed by atoms with van der Waals surface area (Å²) in [7, 11) is 2.07. The molecule has 5 heteroatoms. The van der Waals surface area contributed by atoms with Crippen LogP contribution in [0.15, 0.2) is 24.3 Å². The Hall–Kier alpha value is -1.62. The summed E-state index contributed by atoms with van der Waals surface area (Å²) in [5.74, 6) is 0. The maximum Gasteiger partial charge on any atom is 0.269 e. The summed E-state index contributed by atoms with van der Waals surface area (Å²) >= 11 is 0. The molecular weight excluding hydrogens is 230 g/mol. The van der Waals surface area contributed by atoms with E-state index in [4.69, 9.17) is 0 Å². The number of nitro benzene ring substituents is 1. The first-order valence-corrected chi connectivity index (χ1v) is 6.36. The Kier molecular flexibility index (Phi) is 4.15. The van der Waals surface area contributed by atoms with E-state index in [-0.39, 0.29) is 10.6 Å². The smallest absolute Gasteiger partial charge is 0.269 e. The van der Waals surface area contributed by atoms with Crippen molar-refractivity contribution in [3.8, 4) is 0 Å². The molecule has 2 rings (SSSR count). The average molecular weight is 249 g/mol. The molecule has 98 valence electrons. The lowest BCUT2D eigenvalue weighted by Gasteiger charge is -2.29. The first kappa shape index (κ1) is 12.8. The third kappa shape index (κ3) is 2.98. The number of hydrogen-bond acceptors (Lipinski definition) is 4. The maximum atomic E-state index is 10.6. The van der Waals surface area contributed by atoms with Crippen LogP contribution in [-0.4, -0.2) is 31.1 Å². The van der Waals surface area contributed by atoms with Gasteiger partial charge in [-0.2, -0.15) is 0 Å². The van der Waals surface area contributed by atoms with Gasteiger partial charge in [0.15, 0.2) is 0 Å². The van der Waals surface area contributed by atoms with E-state index in [1.807, 2.05) is 12.1 Å². The molecule has 1 N–H and O–H groups in total. The Morgan fingerprint density at radius 3 is 2.67 bits per heavy atom. The third-order valence-electron chi connectivity index (χ3n) is 3.56. The second-order valence-corrected chi connectivity index (χ2v) is 4.72. The lowest BCUT2D eigenvalue weighted by atomic mass is 10.1. The molecule has 1 heterocycles. The van der Waals surface area contributed by atoms with Crippen LogP contribution in [0.5, 0.6) is 0 Å². The van der Waals surface area contributed by atoms with Gasteiger partial charge in [-0.1, -0.05) is 0 Å². The van der Waals surface area contributed by atoms with Gasteiger partial charge in [0.05, 0.1) is 4.92 Å². The second-order valence-electron chi connectivity index (χ2n) is 4.72. The van der Waals surface area contributed by atoms with Crippen molar-refractivity contribution in [1.82, 2.24) is 5.32 Å². The molecule has 1 fully saturated rings. The molecule has 0 amide bonds. The van der Waals surface area contributed by atoms with Crippen LogP contribution in [0.1, 0.15) is 19.3 Å². The van der Waals surface area contributed by atoms with Gasteiger partial charge in [-0.05, 0) is 44.5 Å². The quantitative estimate of drug-likeness (QED) is 0.659. The Bertz CT molecular complexity index is 397. The molecule has 18 heavy (non-hydrogen) atoms. The van der Waals surface area contributed by atoms with E-state index < -0.39 is 0 Å². The number of rotatable bonds is 3. The van der Waals surface area contributed by atoms with E-state index >= 15 is 0 Å². The molecule has 0 aromatic heterocycles. The Labute approximate surface area is 107 Å². The fraction of sp³-hybridized carbons (Fsp3) is 0.538. The fourth-order valence-electron chi connectivity index (χ4n) is 2.41. The Balaban J connectivity index is 2.07. The SMILES string of the molecule is CN(c1ccc([N+](=O)[O-])cc1)C1CCCNCC1. The zero-order valence-corrected chi connectivity index (χ0v) is 10.6. The lowest BCUT2D eigenvalue weighted by Crippen LogP contribution is -2.32. The minimum atomic E-state index is -0.362. The highest BCUT2D eigenvalue weighted by Gasteiger charge is 2.17. The van der Waals surface area contributed by atoms with E-state index in [0.29, 0.717) is 6.04 Å². The number of hydrogen-bond donors (Lipinski definition) is 1. The van der Waals surface area contributed by atoms with Crippen molar-refractivity contribution in [1.29, 1.82) is 0 Å². The minimum absolute atomic E-state index is 0.148. The molecule has 1 aliphatic heterocycles. The Morgan fingerprint density at radius 1 is 1.28 bits per heavy atom. The van der Waals surface area contributed by atoms with Gasteiger partial charge in [-0.15, -0.1) is 0 Å². The predicted molar refractivity (Wildman–Crippen MR) is 72.0 cm³/mol. The third-order valence-corrected chi connectivity index (χ3v) is 3.56. The largest absolute Gasteiger partial charge is 0.372 e. The van der Waals surface area contributed by atoms with Crippen LogP contribution in [-0.2, 0) is 0 Å². The Morgan fingerprint density at radius 2 is 2.00 bits per heavy atom. The topological polar surface area (TPSA) is 58.4 Å². The van der Waals surface area contributed by atoms with Crippen LogP contribution in [0.2, 0.25) is 0 Å². The summed E-state index contributed by atoms with van der Waals surface area (Å²) in [4.78, 5) is 12.5. The molecule has 1 saturated heterocycles. The number of benzene rings is 1. The minimum Gasteiger partial charge on any atom is -0.372 e. The van der Waals surface area contributed by atoms with E-state index in [2.05, 4.69) is 17.3 Å². The normalized spacial score (nSPS) is 20.2. The summed E-state index contributed by atoms with van der Waals surface area (Å²) in [6, 6.07) is 7.32. The van der Waals surface area contributed by atoms with Crippen molar-refractivity contribution in [3.05, 3.63) is 34.4 Å². The summed E-state index contributed by atoms with van der Waals surface area (Å²) in [5, 5.41) is 14.0. The van der Waals surface area contributed by atoms with Crippen LogP contribution in [0.3, 0.4) is 0 Å². The van der Waals surface area contributed by atoms with Gasteiger partial charge < -0.3 is 10.2 Å². The van der Waals surface area contributed by atoms with Crippen molar-refractivity contribution in [2.45, 2.75) is 25.3 Å². The van der Waals surface area contributed by atoms with Crippen molar-refractivity contribution in [3.63, 3.8) is 0 Å². The zero-order valence-electron chi connectivity index (χ0n) is 10.6. The summed E-state index contributed by atoms with van der Waals surface area (Å²) in [6.07, 6.45) is 3.47. The number of nitrogens with zero attached hydrogens (tertiary/aromatic N) is 2. The molecule has 5 nitrogen and oxygen atoms in total. The monoisotopic (exact) mass is 249 g/mol. The van der Waals surface area contributed by atoms with E-state index in [1.165, 1.54) is 12.8 Å². The lowest BCUT2D eigenvalue weighted by molar-refractivity contribution is -0.384. The van der Waals surface area contributed by atoms with Crippen LogP contribution < -0.4 is 10.2 Å². The van der Waals surface area contributed by atoms with Gasteiger partial charge in [-0.25, -0.2) is 0 Å². The van der Waals surface area contributed by atoms with Crippen LogP contribution in [0.4, 0.5) is 11.4 Å². The number of nitrogens with one attached hydrogen (secondary N) is 1. The van der Waals surface area contributed by atoms with Crippen molar-refractivity contribution in [2.75, 3.05) is 25.0 Å². The van der Waals surface area contributed by atoms with Gasteiger partial charge in [0.25, 0.3) is 5.69 Å². The summed E-state index contributed by atoms with van der Waals surface area (Å²) in [5.41, 5.74) is 1.20. The molecule has 0 spiro atoms. The highest BCUT2D eigenvalue weighted by molar-refractivity contribution is 5.51. The van der Waals surface area contributed by atoms with E-state index in [0.717, 1.165) is 25.2 Å². The van der Waals surface area contributed by atoms with Gasteiger partial charge >= 0.3 is 0 Å². The standard InChI is InChI=1S/C13H19N3O2/c1-15(11-3-2-9-14-10-8-11)12-4-6-13(7-5-12)16(17)18/h4-7,11,14H,2-3,8-10H2,1H3. The number of non-ortho nitro benzene ring substituents is 1. The van der Waals surface area contributed by atoms with Crippen LogP contribution in [0, 0.1) is 10.1 Å². The molecule has 0 radical (unpaired) electrons. The molecule has 0 aliphatic carbocycles. The first-order valence-electron chi connectivity index (χ1n) is 6.36. The molecule has 1 aromatic rings. The highest BCUT2D eigenvalue weighted by atomic mass is 16.6. The zero-order chi connectivity index (χ0) is 13.0. The second kappa shape index (κ2) is 5.82. The molecule has 1 atom stereocenters. The van der Waals surface area contributed by atoms with Gasteiger partial charge in [0, 0.05) is 30.9 Å². The molecule has 0 bridgehead atoms. The van der Waals surface area contributed by atoms with Gasteiger partial charge in [-0.3, -0.25) is 10.1 Å². The van der Waals surface area contributed by atoms with Crippen LogP contribution in [0.25, 0.3) is 0 Å². The van der Waals surface area contributed by atoms with Gasteiger partial charge in [0.1, 0.15) is 0 Å². The number of anilines is 1. The van der Waals surface area contributed by atoms with Crippen LogP contribution >= 0.6 is 0 Å². The maximum absolute atomic E-state index is 10.6.